The molecule has 0 bridgehead atoms. The van der Waals surface area contributed by atoms with Crippen molar-refractivity contribution in [3.05, 3.63) is 92.0 Å². The molecule has 1 aliphatic heterocycles. The van der Waals surface area contributed by atoms with Crippen LogP contribution in [-0.2, 0) is 28.6 Å². The maximum Gasteiger partial charge on any atom is 0.410 e. The highest BCUT2D eigenvalue weighted by Crippen LogP contribution is 2.37. The lowest BCUT2D eigenvalue weighted by molar-refractivity contribution is -0.387. The van der Waals surface area contributed by atoms with Crippen LogP contribution in [0.5, 0.6) is 0 Å². The molecular weight excluding hydrogens is 542 g/mol. The van der Waals surface area contributed by atoms with E-state index in [2.05, 4.69) is 6.58 Å². The predicted molar refractivity (Wildman–Crippen MR) is 141 cm³/mol. The molecule has 3 rings (SSSR count). The van der Waals surface area contributed by atoms with Crippen molar-refractivity contribution in [2.45, 2.75) is 32.0 Å². The van der Waals surface area contributed by atoms with Crippen molar-refractivity contribution in [2.75, 3.05) is 19.7 Å². The van der Waals surface area contributed by atoms with Crippen molar-refractivity contribution in [2.24, 2.45) is 5.92 Å². The Balaban J connectivity index is 1.71. The van der Waals surface area contributed by atoms with E-state index in [0.717, 1.165) is 0 Å². The molecule has 216 valence electrons. The summed E-state index contributed by atoms with van der Waals surface area (Å²) in [6.07, 6.45) is -3.04. The van der Waals surface area contributed by atoms with E-state index >= 15 is 0 Å². The molecular formula is C27H27N3O11. The number of benzene rings is 2. The first-order valence-corrected chi connectivity index (χ1v) is 12.4. The van der Waals surface area contributed by atoms with Gasteiger partial charge < -0.3 is 19.1 Å². The third-order valence-corrected chi connectivity index (χ3v) is 6.28. The van der Waals surface area contributed by atoms with Gasteiger partial charge in [-0.2, -0.15) is 0 Å². The zero-order valence-corrected chi connectivity index (χ0v) is 22.0. The summed E-state index contributed by atoms with van der Waals surface area (Å²) in [5.41, 5.74) is -0.755. The van der Waals surface area contributed by atoms with Gasteiger partial charge in [0.05, 0.1) is 26.9 Å². The Morgan fingerprint density at radius 2 is 1.49 bits per heavy atom. The van der Waals surface area contributed by atoms with Crippen LogP contribution in [0, 0.1) is 26.1 Å². The molecule has 1 amide bonds. The van der Waals surface area contributed by atoms with Crippen molar-refractivity contribution >= 4 is 35.7 Å². The zero-order valence-electron chi connectivity index (χ0n) is 22.0. The summed E-state index contributed by atoms with van der Waals surface area (Å²) in [5.74, 6) is -2.11. The number of carbonyl (C=O) groups excluding carboxylic acids is 4. The average molecular weight is 570 g/mol. The standard InChI is InChI=1S/C27H27N3O11/c1-17(2)25(32)39-16-19(15-31)40-26(33)18-11-13-28(14-12-18)27(34)41-24(20-7-3-5-9-22(20)29(35)36)21-8-4-6-10-23(21)30(37)38/h3-10,15,18-19,24H,1,11-14,16H2,2H3. The molecule has 41 heavy (non-hydrogen) atoms. The van der Waals surface area contributed by atoms with E-state index in [0.29, 0.717) is 6.29 Å². The Bertz CT molecular complexity index is 1290. The Kier molecular flexibility index (Phi) is 10.2. The van der Waals surface area contributed by atoms with Gasteiger partial charge in [0.25, 0.3) is 11.4 Å². The second-order valence-electron chi connectivity index (χ2n) is 9.15. The minimum absolute atomic E-state index is 0.0372. The van der Waals surface area contributed by atoms with Gasteiger partial charge in [-0.05, 0) is 31.9 Å². The van der Waals surface area contributed by atoms with E-state index in [9.17, 15) is 39.4 Å². The maximum absolute atomic E-state index is 13.2. The number of hydrogen-bond acceptors (Lipinski definition) is 11. The summed E-state index contributed by atoms with van der Waals surface area (Å²) in [6, 6.07) is 10.9. The number of amides is 1. The molecule has 14 nitrogen and oxygen atoms in total. The van der Waals surface area contributed by atoms with Crippen LogP contribution in [0.4, 0.5) is 16.2 Å². The largest absolute Gasteiger partial charge is 0.458 e. The highest BCUT2D eigenvalue weighted by molar-refractivity contribution is 5.87. The van der Waals surface area contributed by atoms with E-state index < -0.39 is 52.6 Å². The topological polar surface area (TPSA) is 185 Å². The maximum atomic E-state index is 13.2. The third kappa shape index (κ3) is 7.71. The quantitative estimate of drug-likeness (QED) is 0.0960. The van der Waals surface area contributed by atoms with Crippen LogP contribution in [-0.4, -0.2) is 64.9 Å². The van der Waals surface area contributed by atoms with Crippen molar-refractivity contribution < 1.29 is 43.2 Å². The van der Waals surface area contributed by atoms with E-state index in [1.165, 1.54) is 60.4 Å². The summed E-state index contributed by atoms with van der Waals surface area (Å²) < 4.78 is 15.6. The van der Waals surface area contributed by atoms with Crippen LogP contribution < -0.4 is 0 Å². The molecule has 0 aromatic heterocycles. The highest BCUT2D eigenvalue weighted by atomic mass is 16.6. The lowest BCUT2D eigenvalue weighted by Crippen LogP contribution is -2.42. The molecule has 2 aromatic rings. The van der Waals surface area contributed by atoms with Crippen LogP contribution in [0.1, 0.15) is 37.0 Å². The second kappa shape index (κ2) is 13.8. The van der Waals surface area contributed by atoms with E-state index in [4.69, 9.17) is 14.2 Å². The molecule has 1 fully saturated rings. The fourth-order valence-electron chi connectivity index (χ4n) is 4.15. The first kappa shape index (κ1) is 30.4. The van der Waals surface area contributed by atoms with Crippen molar-refractivity contribution in [3.63, 3.8) is 0 Å². The molecule has 1 unspecified atom stereocenters. The molecule has 0 N–H and O–H groups in total. The number of esters is 2. The van der Waals surface area contributed by atoms with Crippen LogP contribution in [0.25, 0.3) is 0 Å². The SMILES string of the molecule is C=C(C)C(=O)OCC(C=O)OC(=O)C1CCN(C(=O)OC(c2ccccc2[N+](=O)[O-])c2ccccc2[N+](=O)[O-])CC1. The highest BCUT2D eigenvalue weighted by Gasteiger charge is 2.35. The smallest absolute Gasteiger partial charge is 0.410 e. The average Bonchev–Trinajstić information content (AvgIpc) is 2.97. The molecule has 0 spiro atoms. The minimum Gasteiger partial charge on any atom is -0.458 e. The first-order chi connectivity index (χ1) is 19.5. The minimum atomic E-state index is -1.47. The summed E-state index contributed by atoms with van der Waals surface area (Å²) in [7, 11) is 0. The fraction of sp³-hybridized carbons (Fsp3) is 0.333. The van der Waals surface area contributed by atoms with E-state index in [-0.39, 0.29) is 54.0 Å². The monoisotopic (exact) mass is 569 g/mol. The Morgan fingerprint density at radius 3 is 1.95 bits per heavy atom. The first-order valence-electron chi connectivity index (χ1n) is 12.4. The number of nitro groups is 2. The molecule has 2 aromatic carbocycles. The van der Waals surface area contributed by atoms with Gasteiger partial charge in [-0.25, -0.2) is 9.59 Å². The normalized spacial score (nSPS) is 14.0. The molecule has 14 heteroatoms. The molecule has 0 aliphatic carbocycles. The third-order valence-electron chi connectivity index (χ3n) is 6.28. The lowest BCUT2D eigenvalue weighted by atomic mass is 9.97. The van der Waals surface area contributed by atoms with Gasteiger partial charge in [0.15, 0.2) is 18.5 Å². The number of piperidine rings is 1. The number of likely N-dealkylation sites (tertiary alicyclic amines) is 1. The summed E-state index contributed by atoms with van der Waals surface area (Å²) >= 11 is 0. The number of ether oxygens (including phenoxy) is 3. The summed E-state index contributed by atoms with van der Waals surface area (Å²) in [4.78, 5) is 71.8. The van der Waals surface area contributed by atoms with Gasteiger partial charge in [-0.3, -0.25) is 29.8 Å². The number of rotatable bonds is 11. The molecule has 1 heterocycles. The number of carbonyl (C=O) groups is 4. The molecule has 0 saturated carbocycles. The van der Waals surface area contributed by atoms with Crippen molar-refractivity contribution in [1.82, 2.24) is 4.90 Å². The van der Waals surface area contributed by atoms with Crippen molar-refractivity contribution in [3.8, 4) is 0 Å². The number of nitrogens with zero attached hydrogens (tertiary/aromatic N) is 3. The molecule has 1 atom stereocenters. The number of hydrogen-bond donors (Lipinski definition) is 0. The lowest BCUT2D eigenvalue weighted by Gasteiger charge is -2.32. The van der Waals surface area contributed by atoms with Gasteiger partial charge in [-0.15, -0.1) is 0 Å². The van der Waals surface area contributed by atoms with Gasteiger partial charge in [0.2, 0.25) is 0 Å². The molecule has 1 saturated heterocycles. The predicted octanol–water partition coefficient (Wildman–Crippen LogP) is 3.67. The Labute approximate surface area is 233 Å². The number of para-hydroxylation sites is 2. The fourth-order valence-corrected chi connectivity index (χ4v) is 4.15. The number of nitro benzene ring substituents is 2. The number of aldehydes is 1. The van der Waals surface area contributed by atoms with Crippen LogP contribution >= 0.6 is 0 Å². The van der Waals surface area contributed by atoms with Crippen LogP contribution in [0.2, 0.25) is 0 Å². The van der Waals surface area contributed by atoms with Gasteiger partial charge in [0.1, 0.15) is 6.61 Å². The van der Waals surface area contributed by atoms with Gasteiger partial charge in [-0.1, -0.05) is 30.8 Å². The second-order valence-corrected chi connectivity index (χ2v) is 9.15. The van der Waals surface area contributed by atoms with Gasteiger partial charge >= 0.3 is 18.0 Å². The van der Waals surface area contributed by atoms with E-state index in [1.807, 2.05) is 0 Å². The Hall–Kier alpha value is -5.14. The van der Waals surface area contributed by atoms with E-state index in [1.54, 1.807) is 0 Å². The molecule has 0 radical (unpaired) electrons. The summed E-state index contributed by atoms with van der Waals surface area (Å²) in [5, 5.41) is 23.4. The van der Waals surface area contributed by atoms with Crippen LogP contribution in [0.3, 0.4) is 0 Å². The molecule has 1 aliphatic rings. The zero-order chi connectivity index (χ0) is 30.1. The van der Waals surface area contributed by atoms with Crippen molar-refractivity contribution in [1.29, 1.82) is 0 Å². The van der Waals surface area contributed by atoms with Gasteiger partial charge in [0, 0.05) is 30.8 Å². The van der Waals surface area contributed by atoms with Crippen LogP contribution in [0.15, 0.2) is 60.7 Å². The Morgan fingerprint density at radius 1 is 0.976 bits per heavy atom. The summed E-state index contributed by atoms with van der Waals surface area (Å²) in [6.45, 7) is 4.45.